The second-order valence-electron chi connectivity index (χ2n) is 4.10. The van der Waals surface area contributed by atoms with Gasteiger partial charge in [0.1, 0.15) is 0 Å². The monoisotopic (exact) mass is 172 g/mol. The summed E-state index contributed by atoms with van der Waals surface area (Å²) in [6.07, 6.45) is 4.85. The molecule has 0 aromatic heterocycles. The van der Waals surface area contributed by atoms with E-state index < -0.39 is 0 Å². The van der Waals surface area contributed by atoms with Gasteiger partial charge in [0, 0.05) is 0 Å². The topological polar surface area (TPSA) is 0 Å². The molecule has 1 aliphatic carbocycles. The minimum atomic E-state index is 0.751. The van der Waals surface area contributed by atoms with Gasteiger partial charge in [-0.3, -0.25) is 0 Å². The van der Waals surface area contributed by atoms with Crippen LogP contribution in [-0.2, 0) is 0 Å². The highest BCUT2D eigenvalue weighted by atomic mass is 14.2. The average Bonchev–Trinajstić information content (AvgIpc) is 2.53. The first-order valence-corrected chi connectivity index (χ1v) is 4.98. The van der Waals surface area contributed by atoms with Crippen LogP contribution in [0, 0.1) is 6.92 Å². The lowest BCUT2D eigenvalue weighted by atomic mass is 9.95. The number of aryl methyl sites for hydroxylation is 1. The highest BCUT2D eigenvalue weighted by Crippen LogP contribution is 2.33. The highest BCUT2D eigenvalue weighted by Gasteiger charge is 2.15. The molecule has 2 rings (SSSR count). The summed E-state index contributed by atoms with van der Waals surface area (Å²) in [5.74, 6) is 0.751. The van der Waals surface area contributed by atoms with Crippen molar-refractivity contribution >= 4 is 0 Å². The third-order valence-electron chi connectivity index (χ3n) is 2.87. The van der Waals surface area contributed by atoms with Gasteiger partial charge < -0.3 is 0 Å². The van der Waals surface area contributed by atoms with Crippen molar-refractivity contribution < 1.29 is 0 Å². The molecular formula is C13H16. The van der Waals surface area contributed by atoms with Crippen LogP contribution in [0.3, 0.4) is 0 Å². The normalized spacial score (nSPS) is 21.7. The van der Waals surface area contributed by atoms with E-state index in [0.717, 1.165) is 5.92 Å². The van der Waals surface area contributed by atoms with Crippen molar-refractivity contribution in [3.8, 4) is 0 Å². The van der Waals surface area contributed by atoms with Crippen LogP contribution < -0.4 is 0 Å². The molecule has 1 aliphatic rings. The van der Waals surface area contributed by atoms with E-state index in [1.807, 2.05) is 0 Å². The zero-order valence-electron chi connectivity index (χ0n) is 8.38. The molecule has 0 radical (unpaired) electrons. The Morgan fingerprint density at radius 1 is 1.08 bits per heavy atom. The first-order valence-electron chi connectivity index (χ1n) is 4.98. The van der Waals surface area contributed by atoms with Crippen LogP contribution in [0.1, 0.15) is 36.8 Å². The van der Waals surface area contributed by atoms with E-state index in [9.17, 15) is 0 Å². The molecule has 0 amide bonds. The Morgan fingerprint density at radius 3 is 2.31 bits per heavy atom. The fourth-order valence-electron chi connectivity index (χ4n) is 1.99. The summed E-state index contributed by atoms with van der Waals surface area (Å²) in [6.45, 7) is 4.37. The van der Waals surface area contributed by atoms with Crippen LogP contribution in [0.2, 0.25) is 0 Å². The number of benzene rings is 1. The molecule has 0 aliphatic heterocycles. The summed E-state index contributed by atoms with van der Waals surface area (Å²) < 4.78 is 0. The number of hydrogen-bond acceptors (Lipinski definition) is 0. The second-order valence-corrected chi connectivity index (χ2v) is 4.10. The van der Waals surface area contributed by atoms with Gasteiger partial charge in [0.05, 0.1) is 0 Å². The maximum absolute atomic E-state index is 2.37. The van der Waals surface area contributed by atoms with Crippen molar-refractivity contribution in [2.45, 2.75) is 32.6 Å². The largest absolute Gasteiger partial charge is 0.0850 e. The van der Waals surface area contributed by atoms with Crippen molar-refractivity contribution in [3.05, 3.63) is 47.0 Å². The third kappa shape index (κ3) is 1.82. The van der Waals surface area contributed by atoms with Crippen molar-refractivity contribution in [2.75, 3.05) is 0 Å². The molecule has 0 spiro atoms. The molecule has 1 aromatic rings. The van der Waals surface area contributed by atoms with Crippen LogP contribution in [0.15, 0.2) is 35.9 Å². The van der Waals surface area contributed by atoms with E-state index in [2.05, 4.69) is 44.2 Å². The molecule has 1 atom stereocenters. The molecule has 0 heteroatoms. The van der Waals surface area contributed by atoms with Crippen LogP contribution in [0.5, 0.6) is 0 Å². The van der Waals surface area contributed by atoms with Crippen LogP contribution >= 0.6 is 0 Å². The molecule has 0 bridgehead atoms. The first-order chi connectivity index (χ1) is 6.25. The van der Waals surface area contributed by atoms with Gasteiger partial charge in [-0.25, -0.2) is 0 Å². The standard InChI is InChI=1S/C13H16/c1-10-3-6-12(7-4-10)13-8-5-11(2)9-13/h3-7,13H,8-9H2,1-2H3. The molecule has 0 nitrogen and oxygen atoms in total. The maximum atomic E-state index is 2.37. The highest BCUT2D eigenvalue weighted by molar-refractivity contribution is 5.28. The smallest absolute Gasteiger partial charge is 0.00902 e. The summed E-state index contributed by atoms with van der Waals surface area (Å²) >= 11 is 0. The Morgan fingerprint density at radius 2 is 1.77 bits per heavy atom. The van der Waals surface area contributed by atoms with Crippen LogP contribution in [-0.4, -0.2) is 0 Å². The molecule has 68 valence electrons. The van der Waals surface area contributed by atoms with Crippen molar-refractivity contribution in [3.63, 3.8) is 0 Å². The van der Waals surface area contributed by atoms with E-state index in [4.69, 9.17) is 0 Å². The summed E-state index contributed by atoms with van der Waals surface area (Å²) in [6, 6.07) is 8.96. The Labute approximate surface area is 80.3 Å². The summed E-state index contributed by atoms with van der Waals surface area (Å²) in [5, 5.41) is 0. The van der Waals surface area contributed by atoms with Crippen LogP contribution in [0.4, 0.5) is 0 Å². The lowest BCUT2D eigenvalue weighted by Crippen LogP contribution is -1.92. The molecule has 1 aromatic carbocycles. The quantitative estimate of drug-likeness (QED) is 0.565. The van der Waals surface area contributed by atoms with Crippen molar-refractivity contribution in [2.24, 2.45) is 0 Å². The lowest BCUT2D eigenvalue weighted by molar-refractivity contribution is 0.740. The summed E-state index contributed by atoms with van der Waals surface area (Å²) in [5.41, 5.74) is 4.40. The van der Waals surface area contributed by atoms with Gasteiger partial charge in [-0.15, -0.1) is 0 Å². The van der Waals surface area contributed by atoms with Gasteiger partial charge in [0.15, 0.2) is 0 Å². The van der Waals surface area contributed by atoms with Crippen molar-refractivity contribution in [1.82, 2.24) is 0 Å². The van der Waals surface area contributed by atoms with Gasteiger partial charge >= 0.3 is 0 Å². The summed E-state index contributed by atoms with van der Waals surface area (Å²) in [4.78, 5) is 0. The van der Waals surface area contributed by atoms with Crippen molar-refractivity contribution in [1.29, 1.82) is 0 Å². The zero-order valence-corrected chi connectivity index (χ0v) is 8.38. The first kappa shape index (κ1) is 8.55. The molecule has 1 unspecified atom stereocenters. The Bertz CT molecular complexity index is 316. The minimum absolute atomic E-state index is 0.751. The fraction of sp³-hybridized carbons (Fsp3) is 0.385. The number of allylic oxidation sites excluding steroid dienone is 2. The third-order valence-corrected chi connectivity index (χ3v) is 2.87. The predicted octanol–water partition coefficient (Wildman–Crippen LogP) is 3.82. The van der Waals surface area contributed by atoms with E-state index in [0.29, 0.717) is 0 Å². The van der Waals surface area contributed by atoms with Gasteiger partial charge in [-0.2, -0.15) is 0 Å². The van der Waals surface area contributed by atoms with Gasteiger partial charge in [0.2, 0.25) is 0 Å². The van der Waals surface area contributed by atoms with Crippen LogP contribution in [0.25, 0.3) is 0 Å². The fourth-order valence-corrected chi connectivity index (χ4v) is 1.99. The Hall–Kier alpha value is -1.04. The zero-order chi connectivity index (χ0) is 9.26. The molecule has 0 saturated heterocycles. The number of rotatable bonds is 1. The van der Waals surface area contributed by atoms with Gasteiger partial charge in [0.25, 0.3) is 0 Å². The van der Waals surface area contributed by atoms with Gasteiger partial charge in [-0.1, -0.05) is 41.5 Å². The van der Waals surface area contributed by atoms with E-state index in [-0.39, 0.29) is 0 Å². The molecular weight excluding hydrogens is 156 g/mol. The molecule has 0 saturated carbocycles. The number of hydrogen-bond donors (Lipinski definition) is 0. The van der Waals surface area contributed by atoms with E-state index in [1.54, 1.807) is 5.57 Å². The lowest BCUT2D eigenvalue weighted by Gasteiger charge is -2.09. The van der Waals surface area contributed by atoms with E-state index >= 15 is 0 Å². The Kier molecular flexibility index (Phi) is 2.22. The molecule has 0 fully saturated rings. The molecule has 13 heavy (non-hydrogen) atoms. The maximum Gasteiger partial charge on any atom is -0.00902 e. The minimum Gasteiger partial charge on any atom is -0.0850 e. The van der Waals surface area contributed by atoms with E-state index in [1.165, 1.54) is 24.0 Å². The average molecular weight is 172 g/mol. The molecule has 0 heterocycles. The summed E-state index contributed by atoms with van der Waals surface area (Å²) in [7, 11) is 0. The Balaban J connectivity index is 2.14. The van der Waals surface area contributed by atoms with Gasteiger partial charge in [-0.05, 0) is 38.2 Å². The SMILES string of the molecule is CC1=CCC(c2ccc(C)cc2)C1. The predicted molar refractivity (Wildman–Crippen MR) is 56.9 cm³/mol. The second kappa shape index (κ2) is 3.37. The molecule has 0 N–H and O–H groups in total.